The monoisotopic (exact) mass is 634 g/mol. The number of fused-ring (bicyclic) bond motifs is 3. The molecule has 1 aliphatic carbocycles. The van der Waals surface area contributed by atoms with Crippen molar-refractivity contribution in [3.05, 3.63) is 82.4 Å². The lowest BCUT2D eigenvalue weighted by atomic mass is 9.72. The summed E-state index contributed by atoms with van der Waals surface area (Å²) in [5.41, 5.74) is 5.72. The van der Waals surface area contributed by atoms with Crippen molar-refractivity contribution in [3.63, 3.8) is 0 Å². The molecule has 3 aliphatic rings. The molecule has 6 rings (SSSR count). The Labute approximate surface area is 265 Å². The van der Waals surface area contributed by atoms with Gasteiger partial charge in [0.25, 0.3) is 0 Å². The molecule has 0 radical (unpaired) electrons. The van der Waals surface area contributed by atoms with Crippen LogP contribution in [0.25, 0.3) is 11.1 Å². The van der Waals surface area contributed by atoms with Crippen LogP contribution in [0.2, 0.25) is 0 Å². The number of ether oxygens (including phenoxy) is 1. The van der Waals surface area contributed by atoms with Crippen molar-refractivity contribution in [2.24, 2.45) is 0 Å². The van der Waals surface area contributed by atoms with E-state index in [1.807, 2.05) is 58.9 Å². The van der Waals surface area contributed by atoms with Crippen molar-refractivity contribution < 1.29 is 31.1 Å². The number of hydrogen-bond acceptors (Lipinski definition) is 7. The lowest BCUT2D eigenvalue weighted by Gasteiger charge is -2.35. The zero-order chi connectivity index (χ0) is 32.3. The van der Waals surface area contributed by atoms with Crippen LogP contribution in [0, 0.1) is 13.8 Å². The number of amides is 1. The SMILES string of the molecule is Cc1c(CN2CCN(C(=O)OCC3c4ccccc4-c4ccccc43)CC2)cc(S(=O)(=O)F)c(C)c1B1OC(C)(C)C(C)(C)O1. The zero-order valence-corrected chi connectivity index (χ0v) is 27.5. The highest BCUT2D eigenvalue weighted by molar-refractivity contribution is 7.86. The van der Waals surface area contributed by atoms with E-state index in [1.165, 1.54) is 28.3 Å². The van der Waals surface area contributed by atoms with Gasteiger partial charge in [-0.25, -0.2) is 4.79 Å². The lowest BCUT2D eigenvalue weighted by Crippen LogP contribution is -2.49. The van der Waals surface area contributed by atoms with Crippen LogP contribution in [0.5, 0.6) is 0 Å². The molecule has 0 saturated carbocycles. The molecule has 45 heavy (non-hydrogen) atoms. The van der Waals surface area contributed by atoms with Gasteiger partial charge >= 0.3 is 23.4 Å². The highest BCUT2D eigenvalue weighted by atomic mass is 32.3. The summed E-state index contributed by atoms with van der Waals surface area (Å²) in [5, 5.41) is 0. The Morgan fingerprint density at radius 2 is 1.44 bits per heavy atom. The van der Waals surface area contributed by atoms with Gasteiger partial charge in [0.15, 0.2) is 0 Å². The minimum absolute atomic E-state index is 0.00805. The first-order valence-corrected chi connectivity index (χ1v) is 16.8. The first-order chi connectivity index (χ1) is 21.2. The molecule has 11 heteroatoms. The maximum Gasteiger partial charge on any atom is 0.495 e. The number of carbonyl (C=O) groups is 1. The van der Waals surface area contributed by atoms with Gasteiger partial charge in [-0.05, 0) is 92.0 Å². The van der Waals surface area contributed by atoms with E-state index in [-0.39, 0.29) is 29.1 Å². The first kappa shape index (κ1) is 31.7. The van der Waals surface area contributed by atoms with E-state index in [9.17, 15) is 17.1 Å². The Balaban J connectivity index is 1.13. The standard InChI is InChI=1S/C34H40BFN2O6S/c1-22-24(19-30(45(36,40)41)23(2)31(22)35-43-33(3,4)34(5,6)44-35)20-37-15-17-38(18-16-37)32(39)42-21-29-27-13-9-7-11-25(27)26-12-8-10-14-28(26)29/h7-14,19,29H,15-18,20-21H2,1-6H3. The largest absolute Gasteiger partial charge is 0.495 e. The Bertz CT molecular complexity index is 1690. The summed E-state index contributed by atoms with van der Waals surface area (Å²) in [4.78, 5) is 16.6. The minimum Gasteiger partial charge on any atom is -0.448 e. The molecular weight excluding hydrogens is 594 g/mol. The average Bonchev–Trinajstić information content (AvgIpc) is 3.41. The normalized spacial score (nSPS) is 19.4. The van der Waals surface area contributed by atoms with Crippen LogP contribution in [0.15, 0.2) is 59.5 Å². The number of rotatable bonds is 6. The molecule has 2 saturated heterocycles. The summed E-state index contributed by atoms with van der Waals surface area (Å²) in [5.74, 6) is -0.00805. The van der Waals surface area contributed by atoms with Gasteiger partial charge in [0, 0.05) is 38.6 Å². The first-order valence-electron chi connectivity index (χ1n) is 15.4. The molecule has 0 atom stereocenters. The highest BCUT2D eigenvalue weighted by Gasteiger charge is 2.53. The number of halogens is 1. The van der Waals surface area contributed by atoms with Gasteiger partial charge in [-0.2, -0.15) is 8.42 Å². The molecule has 0 aromatic heterocycles. The third-order valence-corrected chi connectivity index (χ3v) is 11.0. The van der Waals surface area contributed by atoms with Crippen molar-refractivity contribution in [1.29, 1.82) is 0 Å². The van der Waals surface area contributed by atoms with Gasteiger partial charge in [0.05, 0.1) is 11.2 Å². The van der Waals surface area contributed by atoms with Crippen LogP contribution in [-0.2, 0) is 30.8 Å². The van der Waals surface area contributed by atoms with Crippen LogP contribution >= 0.6 is 0 Å². The molecule has 3 aromatic carbocycles. The fourth-order valence-electron chi connectivity index (χ4n) is 6.71. The van der Waals surface area contributed by atoms with Gasteiger partial charge in [0.2, 0.25) is 0 Å². The van der Waals surface area contributed by atoms with Crippen molar-refractivity contribution in [2.45, 2.75) is 70.1 Å². The Kier molecular flexibility index (Phi) is 8.13. The fraction of sp³-hybridized carbons (Fsp3) is 0.441. The van der Waals surface area contributed by atoms with Crippen LogP contribution < -0.4 is 5.46 Å². The summed E-state index contributed by atoms with van der Waals surface area (Å²) in [6.45, 7) is 13.9. The Morgan fingerprint density at radius 3 is 1.98 bits per heavy atom. The molecule has 3 aromatic rings. The summed E-state index contributed by atoms with van der Waals surface area (Å²) < 4.78 is 57.4. The van der Waals surface area contributed by atoms with Gasteiger partial charge in [-0.3, -0.25) is 4.90 Å². The van der Waals surface area contributed by atoms with E-state index in [0.717, 1.165) is 5.56 Å². The van der Waals surface area contributed by atoms with Crippen LogP contribution in [-0.4, -0.2) is 75.4 Å². The van der Waals surface area contributed by atoms with Gasteiger partial charge < -0.3 is 18.9 Å². The van der Waals surface area contributed by atoms with E-state index in [2.05, 4.69) is 29.2 Å². The third kappa shape index (κ3) is 5.80. The zero-order valence-electron chi connectivity index (χ0n) is 26.7. The van der Waals surface area contributed by atoms with E-state index in [1.54, 1.807) is 11.8 Å². The fourth-order valence-corrected chi connectivity index (χ4v) is 7.47. The number of nitrogens with zero attached hydrogens (tertiary/aromatic N) is 2. The molecule has 1 amide bonds. The highest BCUT2D eigenvalue weighted by Crippen LogP contribution is 2.44. The second kappa shape index (κ2) is 11.5. The molecule has 2 fully saturated rings. The van der Waals surface area contributed by atoms with E-state index in [4.69, 9.17) is 14.0 Å². The quantitative estimate of drug-likeness (QED) is 0.268. The summed E-state index contributed by atoms with van der Waals surface area (Å²) in [7, 11) is -5.83. The predicted octanol–water partition coefficient (Wildman–Crippen LogP) is 5.33. The summed E-state index contributed by atoms with van der Waals surface area (Å²) >= 11 is 0. The van der Waals surface area contributed by atoms with Gasteiger partial charge in [-0.15, -0.1) is 3.89 Å². The topological polar surface area (TPSA) is 85.4 Å². The second-order valence-electron chi connectivity index (χ2n) is 13.3. The maximum absolute atomic E-state index is 14.6. The number of benzene rings is 3. The molecular formula is C34H40BFN2O6S. The minimum atomic E-state index is -4.99. The van der Waals surface area contributed by atoms with Crippen LogP contribution in [0.3, 0.4) is 0 Å². The molecule has 238 valence electrons. The van der Waals surface area contributed by atoms with Crippen molar-refractivity contribution >= 4 is 28.9 Å². The van der Waals surface area contributed by atoms with Crippen LogP contribution in [0.4, 0.5) is 8.68 Å². The van der Waals surface area contributed by atoms with Crippen LogP contribution in [0.1, 0.15) is 61.4 Å². The Hall–Kier alpha value is -3.25. The molecule has 2 heterocycles. The third-order valence-electron chi connectivity index (χ3n) is 10.1. The van der Waals surface area contributed by atoms with E-state index < -0.39 is 28.5 Å². The Morgan fingerprint density at radius 1 is 0.911 bits per heavy atom. The van der Waals surface area contributed by atoms with Crippen molar-refractivity contribution in [3.8, 4) is 11.1 Å². The summed E-state index contributed by atoms with van der Waals surface area (Å²) in [6, 6.07) is 17.9. The van der Waals surface area contributed by atoms with Gasteiger partial charge in [-0.1, -0.05) is 48.5 Å². The maximum atomic E-state index is 14.6. The molecule has 0 bridgehead atoms. The average molecular weight is 635 g/mol. The second-order valence-corrected chi connectivity index (χ2v) is 14.6. The lowest BCUT2D eigenvalue weighted by molar-refractivity contribution is 0.00578. The number of piperazine rings is 1. The number of carbonyl (C=O) groups excluding carboxylic acids is 1. The van der Waals surface area contributed by atoms with Crippen molar-refractivity contribution in [2.75, 3.05) is 32.8 Å². The number of hydrogen-bond donors (Lipinski definition) is 0. The predicted molar refractivity (Wildman–Crippen MR) is 172 cm³/mol. The molecule has 8 nitrogen and oxygen atoms in total. The van der Waals surface area contributed by atoms with E-state index in [0.29, 0.717) is 43.8 Å². The van der Waals surface area contributed by atoms with Crippen molar-refractivity contribution in [1.82, 2.24) is 9.80 Å². The molecule has 0 unspecified atom stereocenters. The smallest absolute Gasteiger partial charge is 0.448 e. The molecule has 0 spiro atoms. The van der Waals surface area contributed by atoms with E-state index >= 15 is 0 Å². The molecule has 2 aliphatic heterocycles. The molecule has 0 N–H and O–H groups in total. The van der Waals surface area contributed by atoms with Gasteiger partial charge in [0.1, 0.15) is 11.5 Å². The summed E-state index contributed by atoms with van der Waals surface area (Å²) in [6.07, 6.45) is -0.350.